The molecule has 6 heteroatoms. The van der Waals surface area contributed by atoms with E-state index in [-0.39, 0.29) is 5.82 Å². The van der Waals surface area contributed by atoms with Crippen LogP contribution in [0.1, 0.15) is 0 Å². The topological polar surface area (TPSA) is 72.3 Å². The van der Waals surface area contributed by atoms with Crippen molar-refractivity contribution < 1.29 is 8.42 Å². The molecule has 0 atom stereocenters. The summed E-state index contributed by atoms with van der Waals surface area (Å²) in [6, 6.07) is 0. The van der Waals surface area contributed by atoms with E-state index < -0.39 is 10.5 Å². The molecule has 0 spiro atoms. The highest BCUT2D eigenvalue weighted by Gasteiger charge is 1.85. The van der Waals surface area contributed by atoms with Crippen molar-refractivity contribution in [2.75, 3.05) is 0 Å². The lowest BCUT2D eigenvalue weighted by atomic mass is 10.7. The summed E-state index contributed by atoms with van der Waals surface area (Å²) < 4.78 is 23.0. The summed E-state index contributed by atoms with van der Waals surface area (Å²) >= 11 is 0. The molecule has 0 amide bonds. The normalized spacial score (nSPS) is 8.80. The molecule has 0 aliphatic heterocycles. The summed E-state index contributed by atoms with van der Waals surface area (Å²) in [6.07, 6.45) is 4.06. The van der Waals surface area contributed by atoms with Gasteiger partial charge in [0.1, 0.15) is 0 Å². The van der Waals surface area contributed by atoms with Crippen molar-refractivity contribution in [3.63, 3.8) is 0 Å². The van der Waals surface area contributed by atoms with Crippen LogP contribution in [0.4, 0.5) is 5.82 Å². The van der Waals surface area contributed by atoms with Gasteiger partial charge in [0.15, 0.2) is 5.82 Å². The van der Waals surface area contributed by atoms with Crippen LogP contribution in [0.5, 0.6) is 0 Å². The lowest BCUT2D eigenvalue weighted by Gasteiger charge is -1.81. The molecule has 0 unspecified atom stereocenters. The maximum Gasteiger partial charge on any atom is 0.317 e. The van der Waals surface area contributed by atoms with Gasteiger partial charge in [-0.1, -0.05) is 0 Å². The van der Waals surface area contributed by atoms with Crippen molar-refractivity contribution in [3.05, 3.63) is 18.6 Å². The first-order chi connectivity index (χ1) is 4.79. The molecule has 0 fully saturated rings. The number of hydrogen-bond donors (Lipinski definition) is 0. The second kappa shape index (κ2) is 3.02. The second-order valence-electron chi connectivity index (χ2n) is 1.37. The van der Waals surface area contributed by atoms with Gasteiger partial charge in [-0.3, -0.25) is 4.98 Å². The fraction of sp³-hybridized carbons (Fsp3) is 0. The van der Waals surface area contributed by atoms with Gasteiger partial charge in [0.25, 0.3) is 0 Å². The maximum atomic E-state index is 9.93. The minimum absolute atomic E-state index is 0.0934. The third-order valence-electron chi connectivity index (χ3n) is 0.718. The zero-order valence-electron chi connectivity index (χ0n) is 4.80. The molecule has 0 saturated carbocycles. The third kappa shape index (κ3) is 1.90. The van der Waals surface area contributed by atoms with E-state index in [1.54, 1.807) is 0 Å². The smallest absolute Gasteiger partial charge is 0.259 e. The molecule has 0 bridgehead atoms. The Morgan fingerprint density at radius 2 is 2.20 bits per heavy atom. The van der Waals surface area contributed by atoms with Crippen molar-refractivity contribution in [1.29, 1.82) is 0 Å². The molecule has 1 rings (SSSR count). The molecule has 5 nitrogen and oxygen atoms in total. The van der Waals surface area contributed by atoms with Gasteiger partial charge in [-0.25, -0.2) is 4.98 Å². The zero-order valence-corrected chi connectivity index (χ0v) is 5.61. The molecular formula is C4H3N3O2S. The largest absolute Gasteiger partial charge is 0.317 e. The van der Waals surface area contributed by atoms with Crippen LogP contribution in [0.25, 0.3) is 0 Å². The van der Waals surface area contributed by atoms with Gasteiger partial charge in [0, 0.05) is 12.4 Å². The molecule has 0 aromatic carbocycles. The van der Waals surface area contributed by atoms with Crippen LogP contribution < -0.4 is 0 Å². The summed E-state index contributed by atoms with van der Waals surface area (Å²) in [5.41, 5.74) is 0. The fourth-order valence-electron chi connectivity index (χ4n) is 0.415. The van der Waals surface area contributed by atoms with Crippen LogP contribution in [0.2, 0.25) is 0 Å². The Morgan fingerprint density at radius 3 is 2.70 bits per heavy atom. The van der Waals surface area contributed by atoms with E-state index in [0.29, 0.717) is 0 Å². The lowest BCUT2D eigenvalue weighted by Crippen LogP contribution is -1.73. The van der Waals surface area contributed by atoms with Crippen LogP contribution in [0.3, 0.4) is 0 Å². The second-order valence-corrected chi connectivity index (χ2v) is 1.99. The Bertz CT molecular complexity index is 323. The van der Waals surface area contributed by atoms with Crippen LogP contribution in [-0.2, 0) is 10.5 Å². The Labute approximate surface area is 58.5 Å². The molecule has 1 aromatic heterocycles. The quantitative estimate of drug-likeness (QED) is 0.582. The number of aromatic nitrogens is 2. The molecule has 0 saturated heterocycles. The molecule has 1 heterocycles. The average molecular weight is 157 g/mol. The van der Waals surface area contributed by atoms with Crippen molar-refractivity contribution in [2.24, 2.45) is 4.36 Å². The van der Waals surface area contributed by atoms with E-state index in [0.717, 1.165) is 0 Å². The molecule has 0 aliphatic carbocycles. The highest BCUT2D eigenvalue weighted by atomic mass is 32.2. The molecule has 52 valence electrons. The monoisotopic (exact) mass is 157 g/mol. The summed E-state index contributed by atoms with van der Waals surface area (Å²) in [5, 5.41) is 0. The summed E-state index contributed by atoms with van der Waals surface area (Å²) in [4.78, 5) is 7.20. The van der Waals surface area contributed by atoms with Gasteiger partial charge in [-0.15, -0.1) is 4.36 Å². The average Bonchev–Trinajstić information content (AvgIpc) is 1.88. The predicted octanol–water partition coefficient (Wildman–Crippen LogP) is 0.171. The van der Waals surface area contributed by atoms with Crippen LogP contribution >= 0.6 is 0 Å². The van der Waals surface area contributed by atoms with Gasteiger partial charge in [-0.05, 0) is 0 Å². The zero-order chi connectivity index (χ0) is 7.40. The fourth-order valence-corrected chi connectivity index (χ4v) is 0.662. The highest BCUT2D eigenvalue weighted by Crippen LogP contribution is 2.00. The van der Waals surface area contributed by atoms with E-state index in [9.17, 15) is 8.42 Å². The first kappa shape index (κ1) is 6.81. The molecule has 0 radical (unpaired) electrons. The molecular weight excluding hydrogens is 154 g/mol. The SMILES string of the molecule is O=S(=O)=Nc1cnccn1. The van der Waals surface area contributed by atoms with Gasteiger partial charge >= 0.3 is 10.5 Å². The number of nitrogens with zero attached hydrogens (tertiary/aromatic N) is 3. The van der Waals surface area contributed by atoms with E-state index in [4.69, 9.17) is 0 Å². The van der Waals surface area contributed by atoms with E-state index in [1.165, 1.54) is 18.6 Å². The highest BCUT2D eigenvalue weighted by molar-refractivity contribution is 7.61. The Morgan fingerprint density at radius 1 is 1.40 bits per heavy atom. The Balaban J connectivity index is 3.10. The number of rotatable bonds is 1. The van der Waals surface area contributed by atoms with E-state index in [2.05, 4.69) is 14.3 Å². The van der Waals surface area contributed by atoms with Gasteiger partial charge < -0.3 is 0 Å². The molecule has 10 heavy (non-hydrogen) atoms. The lowest BCUT2D eigenvalue weighted by molar-refractivity contribution is 0.622. The summed E-state index contributed by atoms with van der Waals surface area (Å²) in [7, 11) is -2.44. The third-order valence-corrected chi connectivity index (χ3v) is 1.05. The van der Waals surface area contributed by atoms with Crippen molar-refractivity contribution in [2.45, 2.75) is 0 Å². The van der Waals surface area contributed by atoms with Gasteiger partial charge in [-0.2, -0.15) is 8.42 Å². The van der Waals surface area contributed by atoms with E-state index in [1.807, 2.05) is 0 Å². The molecule has 1 aromatic rings. The molecule has 0 aliphatic rings. The van der Waals surface area contributed by atoms with Crippen molar-refractivity contribution in [1.82, 2.24) is 9.97 Å². The van der Waals surface area contributed by atoms with Gasteiger partial charge in [0.2, 0.25) is 0 Å². The number of hydrogen-bond acceptors (Lipinski definition) is 5. The Hall–Kier alpha value is -1.30. The Kier molecular flexibility index (Phi) is 2.06. The van der Waals surface area contributed by atoms with Gasteiger partial charge in [0.05, 0.1) is 6.20 Å². The first-order valence-electron chi connectivity index (χ1n) is 2.36. The standard InChI is InChI=1S/C4H3N3O2S/c8-10(9)7-4-3-5-1-2-6-4/h1-3H. The van der Waals surface area contributed by atoms with Crippen LogP contribution in [0.15, 0.2) is 23.0 Å². The molecule has 0 N–H and O–H groups in total. The van der Waals surface area contributed by atoms with Crippen LogP contribution in [-0.4, -0.2) is 18.4 Å². The van der Waals surface area contributed by atoms with Crippen molar-refractivity contribution in [3.8, 4) is 0 Å². The summed E-state index contributed by atoms with van der Waals surface area (Å²) in [5.74, 6) is 0.0934. The van der Waals surface area contributed by atoms with E-state index >= 15 is 0 Å². The predicted molar refractivity (Wildman–Crippen MR) is 33.0 cm³/mol. The minimum Gasteiger partial charge on any atom is -0.259 e. The van der Waals surface area contributed by atoms with Crippen LogP contribution in [0, 0.1) is 0 Å². The first-order valence-corrected chi connectivity index (χ1v) is 3.39. The van der Waals surface area contributed by atoms with Crippen molar-refractivity contribution >= 4 is 16.3 Å². The minimum atomic E-state index is -2.44. The maximum absolute atomic E-state index is 9.93. The summed E-state index contributed by atoms with van der Waals surface area (Å²) in [6.45, 7) is 0.